The minimum absolute atomic E-state index is 0.0187. The zero-order valence-electron chi connectivity index (χ0n) is 18.6. The van der Waals surface area contributed by atoms with Crippen molar-refractivity contribution in [3.63, 3.8) is 0 Å². The molecule has 4 rings (SSSR count). The van der Waals surface area contributed by atoms with Gasteiger partial charge in [0.1, 0.15) is 0 Å². The number of aromatic nitrogens is 4. The van der Waals surface area contributed by atoms with Crippen molar-refractivity contribution in [3.05, 3.63) is 50.7 Å². The van der Waals surface area contributed by atoms with Crippen molar-refractivity contribution in [2.24, 2.45) is 5.14 Å². The van der Waals surface area contributed by atoms with E-state index < -0.39 is 27.4 Å². The Bertz CT molecular complexity index is 1420. The first-order valence-electron chi connectivity index (χ1n) is 11.0. The number of aliphatic hydroxyl groups is 1. The lowest BCUT2D eigenvalue weighted by Crippen LogP contribution is -2.40. The lowest BCUT2D eigenvalue weighted by Gasteiger charge is -2.19. The summed E-state index contributed by atoms with van der Waals surface area (Å²) in [6, 6.07) is 6.01. The Morgan fingerprint density at radius 3 is 2.42 bits per heavy atom. The number of rotatable bonds is 7. The van der Waals surface area contributed by atoms with Crippen LogP contribution in [0.2, 0.25) is 0 Å². The normalized spacial score (nSPS) is 18.8. The zero-order chi connectivity index (χ0) is 23.9. The summed E-state index contributed by atoms with van der Waals surface area (Å²) in [5.41, 5.74) is -0.203. The third-order valence-electron chi connectivity index (χ3n) is 6.15. The van der Waals surface area contributed by atoms with Crippen molar-refractivity contribution in [2.75, 3.05) is 5.32 Å². The highest BCUT2D eigenvalue weighted by molar-refractivity contribution is 7.89. The fraction of sp³-hybridized carbons (Fsp3) is 0.476. The van der Waals surface area contributed by atoms with Gasteiger partial charge in [0.2, 0.25) is 16.0 Å². The average molecular weight is 477 g/mol. The van der Waals surface area contributed by atoms with E-state index in [2.05, 4.69) is 10.3 Å². The van der Waals surface area contributed by atoms with Crippen LogP contribution in [-0.2, 0) is 29.7 Å². The summed E-state index contributed by atoms with van der Waals surface area (Å²) in [4.78, 5) is 30.7. The van der Waals surface area contributed by atoms with E-state index in [4.69, 9.17) is 5.14 Å². The van der Waals surface area contributed by atoms with Crippen LogP contribution in [-0.4, -0.2) is 44.4 Å². The lowest BCUT2D eigenvalue weighted by atomic mass is 10.2. The summed E-state index contributed by atoms with van der Waals surface area (Å²) < 4.78 is 28.4. The number of aryl methyl sites for hydroxylation is 1. The van der Waals surface area contributed by atoms with Crippen LogP contribution in [0, 0.1) is 0 Å². The fourth-order valence-electron chi connectivity index (χ4n) is 4.48. The second kappa shape index (κ2) is 8.76. The van der Waals surface area contributed by atoms with Crippen LogP contribution in [0.4, 0.5) is 5.95 Å². The van der Waals surface area contributed by atoms with E-state index in [1.54, 1.807) is 36.6 Å². The molecule has 12 heteroatoms. The van der Waals surface area contributed by atoms with Gasteiger partial charge in [-0.2, -0.15) is 4.98 Å². The summed E-state index contributed by atoms with van der Waals surface area (Å²) >= 11 is 0. The van der Waals surface area contributed by atoms with Crippen LogP contribution in [0.3, 0.4) is 0 Å². The maximum absolute atomic E-state index is 13.3. The number of fused-ring (bicyclic) bond motifs is 1. The van der Waals surface area contributed by atoms with Crippen molar-refractivity contribution >= 4 is 27.1 Å². The molecule has 3 aromatic rings. The molecule has 0 saturated heterocycles. The molecule has 11 nitrogen and oxygen atoms in total. The number of benzene rings is 1. The number of nitrogens with one attached hydrogen (secondary N) is 1. The smallest absolute Gasteiger partial charge is 0.332 e. The molecule has 0 spiro atoms. The Morgan fingerprint density at radius 1 is 1.12 bits per heavy atom. The van der Waals surface area contributed by atoms with Gasteiger partial charge >= 0.3 is 5.69 Å². The van der Waals surface area contributed by atoms with Gasteiger partial charge in [-0.05, 0) is 44.7 Å². The molecule has 2 atom stereocenters. The van der Waals surface area contributed by atoms with Crippen molar-refractivity contribution in [3.8, 4) is 0 Å². The molecule has 0 radical (unpaired) electrons. The lowest BCUT2D eigenvalue weighted by molar-refractivity contribution is 0.171. The van der Waals surface area contributed by atoms with E-state index in [0.29, 0.717) is 18.5 Å². The van der Waals surface area contributed by atoms with E-state index in [0.717, 1.165) is 17.4 Å². The molecule has 0 bridgehead atoms. The van der Waals surface area contributed by atoms with Crippen LogP contribution in [0.15, 0.2) is 38.8 Å². The number of nitrogens with zero attached hydrogens (tertiary/aromatic N) is 4. The Morgan fingerprint density at radius 2 is 1.82 bits per heavy atom. The topological polar surface area (TPSA) is 154 Å². The first-order chi connectivity index (χ1) is 15.7. The van der Waals surface area contributed by atoms with Gasteiger partial charge in [-0.25, -0.2) is 18.4 Å². The van der Waals surface area contributed by atoms with Gasteiger partial charge in [0, 0.05) is 13.1 Å². The van der Waals surface area contributed by atoms with Crippen LogP contribution < -0.4 is 21.7 Å². The first kappa shape index (κ1) is 23.2. The summed E-state index contributed by atoms with van der Waals surface area (Å²) in [6.07, 6.45) is 1.64. The van der Waals surface area contributed by atoms with Gasteiger partial charge in [-0.15, -0.1) is 0 Å². The van der Waals surface area contributed by atoms with Gasteiger partial charge in [-0.1, -0.05) is 18.2 Å². The number of anilines is 1. The van der Waals surface area contributed by atoms with Crippen LogP contribution in [0.25, 0.3) is 11.2 Å². The second-order valence-electron chi connectivity index (χ2n) is 8.17. The highest BCUT2D eigenvalue weighted by Crippen LogP contribution is 2.26. The minimum Gasteiger partial charge on any atom is -0.391 e. The SMILES string of the molecule is CCn1c(=O)c2c(nc(NC3CCCC3O)n2Cc2ccccc2S(N)(=O)=O)n(CC)c1=O. The van der Waals surface area contributed by atoms with Crippen molar-refractivity contribution in [1.82, 2.24) is 18.7 Å². The minimum atomic E-state index is -4.01. The number of aliphatic hydroxyl groups excluding tert-OH is 1. The summed E-state index contributed by atoms with van der Waals surface area (Å²) in [7, 11) is -4.01. The van der Waals surface area contributed by atoms with E-state index >= 15 is 0 Å². The third kappa shape index (κ3) is 4.09. The molecule has 0 aliphatic heterocycles. The Hall–Kier alpha value is -2.96. The molecule has 2 heterocycles. The number of primary sulfonamides is 1. The number of sulfonamides is 1. The molecule has 2 aromatic heterocycles. The molecule has 178 valence electrons. The fourth-order valence-corrected chi connectivity index (χ4v) is 5.24. The molecule has 1 aliphatic carbocycles. The standard InChI is InChI=1S/C21H28N6O5S/c1-3-25-18-17(19(29)26(4-2)21(25)30)27(20(24-18)23-14-9-7-10-15(14)28)12-13-8-5-6-11-16(13)33(22,31)32/h5-6,8,11,14-15,28H,3-4,7,9-10,12H2,1-2H3,(H,23,24)(H2,22,31,32). The molecule has 1 saturated carbocycles. The first-order valence-corrected chi connectivity index (χ1v) is 12.5. The van der Waals surface area contributed by atoms with Gasteiger partial charge in [0.15, 0.2) is 11.2 Å². The average Bonchev–Trinajstić information content (AvgIpc) is 3.32. The van der Waals surface area contributed by atoms with E-state index in [-0.39, 0.29) is 41.1 Å². The van der Waals surface area contributed by atoms with E-state index in [1.165, 1.54) is 10.6 Å². The predicted molar refractivity (Wildman–Crippen MR) is 124 cm³/mol. The van der Waals surface area contributed by atoms with E-state index in [9.17, 15) is 23.1 Å². The van der Waals surface area contributed by atoms with Crippen LogP contribution in [0.5, 0.6) is 0 Å². The highest BCUT2D eigenvalue weighted by Gasteiger charge is 2.29. The second-order valence-corrected chi connectivity index (χ2v) is 9.70. The molecule has 1 aliphatic rings. The maximum atomic E-state index is 13.3. The molecule has 1 aromatic carbocycles. The van der Waals surface area contributed by atoms with Gasteiger partial charge < -0.3 is 10.4 Å². The maximum Gasteiger partial charge on any atom is 0.332 e. The Labute approximate surface area is 190 Å². The quantitative estimate of drug-likeness (QED) is 0.446. The van der Waals surface area contributed by atoms with Gasteiger partial charge in [-0.3, -0.25) is 18.5 Å². The molecule has 4 N–H and O–H groups in total. The number of nitrogens with two attached hydrogens (primary N) is 1. The molecule has 33 heavy (non-hydrogen) atoms. The van der Waals surface area contributed by atoms with Crippen LogP contribution >= 0.6 is 0 Å². The van der Waals surface area contributed by atoms with Crippen LogP contribution in [0.1, 0.15) is 38.7 Å². The molecule has 0 amide bonds. The monoisotopic (exact) mass is 476 g/mol. The zero-order valence-corrected chi connectivity index (χ0v) is 19.4. The summed E-state index contributed by atoms with van der Waals surface area (Å²) in [6.45, 7) is 3.95. The molecule has 1 fully saturated rings. The number of imidazole rings is 1. The van der Waals surface area contributed by atoms with Gasteiger partial charge in [0.25, 0.3) is 5.56 Å². The third-order valence-corrected chi connectivity index (χ3v) is 7.16. The highest BCUT2D eigenvalue weighted by atomic mass is 32.2. The van der Waals surface area contributed by atoms with Crippen molar-refractivity contribution in [1.29, 1.82) is 0 Å². The molecule has 2 unspecified atom stereocenters. The van der Waals surface area contributed by atoms with Gasteiger partial charge in [0.05, 0.1) is 23.6 Å². The molecular weight excluding hydrogens is 448 g/mol. The summed E-state index contributed by atoms with van der Waals surface area (Å²) in [5.74, 6) is 0.285. The number of hydrogen-bond donors (Lipinski definition) is 3. The van der Waals surface area contributed by atoms with Crippen molar-refractivity contribution in [2.45, 2.75) is 69.8 Å². The molecular formula is C21H28N6O5S. The van der Waals surface area contributed by atoms with Crippen molar-refractivity contribution < 1.29 is 13.5 Å². The Kier molecular flexibility index (Phi) is 6.16. The Balaban J connectivity index is 1.99. The summed E-state index contributed by atoms with van der Waals surface area (Å²) in [5, 5.41) is 19.0. The largest absolute Gasteiger partial charge is 0.391 e. The predicted octanol–water partition coefficient (Wildman–Crippen LogP) is 0.421. The van der Waals surface area contributed by atoms with E-state index in [1.807, 2.05) is 0 Å². The number of hydrogen-bond acceptors (Lipinski definition) is 7.